The van der Waals surface area contributed by atoms with Gasteiger partial charge in [0.1, 0.15) is 17.2 Å². The maximum atomic E-state index is 12.7. The number of hydrogen-bond donors (Lipinski definition) is 0. The predicted octanol–water partition coefficient (Wildman–Crippen LogP) is 8.70. The van der Waals surface area contributed by atoms with E-state index in [1.165, 1.54) is 0 Å². The Morgan fingerprint density at radius 3 is 1.49 bits per heavy atom. The van der Waals surface area contributed by atoms with E-state index in [2.05, 4.69) is 25.3 Å². The molecule has 4 aromatic carbocycles. The molecular formula is C40H39FO8. The highest BCUT2D eigenvalue weighted by atomic mass is 19.1. The Morgan fingerprint density at radius 1 is 0.551 bits per heavy atom. The lowest BCUT2D eigenvalue weighted by molar-refractivity contribution is -0.141. The molecule has 0 heterocycles. The first-order valence-electron chi connectivity index (χ1n) is 16.0. The molecule has 0 fully saturated rings. The maximum absolute atomic E-state index is 12.7. The quantitative estimate of drug-likeness (QED) is 0.0424. The fourth-order valence-corrected chi connectivity index (χ4v) is 4.64. The van der Waals surface area contributed by atoms with Gasteiger partial charge in [-0.15, -0.1) is 0 Å². The van der Waals surface area contributed by atoms with E-state index >= 15 is 0 Å². The lowest BCUT2D eigenvalue weighted by Gasteiger charge is -2.09. The number of unbranched alkanes of at least 4 members (excludes halogenated alkanes) is 3. The van der Waals surface area contributed by atoms with Crippen LogP contribution in [-0.4, -0.2) is 44.3 Å². The summed E-state index contributed by atoms with van der Waals surface area (Å²) >= 11 is 0. The van der Waals surface area contributed by atoms with Gasteiger partial charge in [0, 0.05) is 12.5 Å². The fourth-order valence-electron chi connectivity index (χ4n) is 4.64. The van der Waals surface area contributed by atoms with E-state index in [9.17, 15) is 18.8 Å². The summed E-state index contributed by atoms with van der Waals surface area (Å²) in [7, 11) is 0. The van der Waals surface area contributed by atoms with Gasteiger partial charge in [-0.2, -0.15) is 4.39 Å². The van der Waals surface area contributed by atoms with E-state index in [0.717, 1.165) is 53.3 Å². The maximum Gasteiger partial charge on any atom is 0.366 e. The van der Waals surface area contributed by atoms with Gasteiger partial charge in [-0.05, 0) is 96.5 Å². The Bertz CT molecular complexity index is 1680. The summed E-state index contributed by atoms with van der Waals surface area (Å²) in [4.78, 5) is 34.7. The zero-order chi connectivity index (χ0) is 34.8. The van der Waals surface area contributed by atoms with Crippen LogP contribution < -0.4 is 14.2 Å². The zero-order valence-corrected chi connectivity index (χ0v) is 27.2. The second-order valence-corrected chi connectivity index (χ2v) is 10.9. The van der Waals surface area contributed by atoms with Crippen LogP contribution >= 0.6 is 0 Å². The molecule has 0 aliphatic rings. The minimum absolute atomic E-state index is 0.186. The number of benzene rings is 4. The number of hydrogen-bond acceptors (Lipinski definition) is 8. The Kier molecular flexibility index (Phi) is 14.2. The highest BCUT2D eigenvalue weighted by molar-refractivity contribution is 5.91. The number of rotatable bonds is 19. The van der Waals surface area contributed by atoms with Crippen LogP contribution in [0.2, 0.25) is 0 Å². The van der Waals surface area contributed by atoms with Gasteiger partial charge in [-0.25, -0.2) is 14.4 Å². The SMILES string of the molecule is C=CC(=O)OCCCOc1ccc(C(=O)Oc2ccc(-c3ccc(-c4ccc(OCCCCCCOC(=O)C(=C)F)cc4)cc3)cc2)cc1. The molecule has 254 valence electrons. The van der Waals surface area contributed by atoms with Crippen LogP contribution in [0.15, 0.2) is 122 Å². The van der Waals surface area contributed by atoms with Crippen molar-refractivity contribution in [3.63, 3.8) is 0 Å². The molecule has 0 aromatic heterocycles. The van der Waals surface area contributed by atoms with Gasteiger partial charge >= 0.3 is 17.9 Å². The van der Waals surface area contributed by atoms with Crippen molar-refractivity contribution < 1.29 is 42.5 Å². The molecule has 0 bridgehead atoms. The van der Waals surface area contributed by atoms with Crippen LogP contribution in [0.3, 0.4) is 0 Å². The summed E-state index contributed by atoms with van der Waals surface area (Å²) in [5, 5.41) is 0. The summed E-state index contributed by atoms with van der Waals surface area (Å²) in [6.07, 6.45) is 4.95. The summed E-state index contributed by atoms with van der Waals surface area (Å²) < 4.78 is 39.2. The predicted molar refractivity (Wildman–Crippen MR) is 185 cm³/mol. The van der Waals surface area contributed by atoms with Crippen molar-refractivity contribution >= 4 is 17.9 Å². The molecule has 8 nitrogen and oxygen atoms in total. The molecular weight excluding hydrogens is 627 g/mol. The van der Waals surface area contributed by atoms with Crippen molar-refractivity contribution in [3.05, 3.63) is 128 Å². The van der Waals surface area contributed by atoms with Crippen molar-refractivity contribution in [1.29, 1.82) is 0 Å². The zero-order valence-electron chi connectivity index (χ0n) is 27.2. The first-order valence-corrected chi connectivity index (χ1v) is 16.0. The highest BCUT2D eigenvalue weighted by Crippen LogP contribution is 2.28. The Hall–Kier alpha value is -5.70. The topological polar surface area (TPSA) is 97.4 Å². The van der Waals surface area contributed by atoms with Gasteiger partial charge in [-0.3, -0.25) is 0 Å². The molecule has 0 spiro atoms. The average molecular weight is 667 g/mol. The molecule has 0 N–H and O–H groups in total. The molecule has 0 aliphatic heterocycles. The molecule has 0 saturated carbocycles. The second kappa shape index (κ2) is 19.2. The van der Waals surface area contributed by atoms with Crippen molar-refractivity contribution in [1.82, 2.24) is 0 Å². The van der Waals surface area contributed by atoms with Gasteiger partial charge in [0.2, 0.25) is 5.83 Å². The third-order valence-electron chi connectivity index (χ3n) is 7.29. The third kappa shape index (κ3) is 12.1. The van der Waals surface area contributed by atoms with E-state index in [4.69, 9.17) is 23.7 Å². The van der Waals surface area contributed by atoms with Crippen molar-refractivity contribution in [2.75, 3.05) is 26.4 Å². The van der Waals surface area contributed by atoms with Crippen molar-refractivity contribution in [2.45, 2.75) is 32.1 Å². The van der Waals surface area contributed by atoms with Crippen LogP contribution in [-0.2, 0) is 19.1 Å². The number of carbonyl (C=O) groups is 3. The fraction of sp³-hybridized carbons (Fsp3) is 0.225. The van der Waals surface area contributed by atoms with Crippen molar-refractivity contribution in [3.8, 4) is 39.5 Å². The summed E-state index contributed by atoms with van der Waals surface area (Å²) in [5.41, 5.74) is 4.55. The molecule has 0 aliphatic carbocycles. The number of carbonyl (C=O) groups excluding carboxylic acids is 3. The monoisotopic (exact) mass is 666 g/mol. The molecule has 49 heavy (non-hydrogen) atoms. The van der Waals surface area contributed by atoms with Gasteiger partial charge in [0.25, 0.3) is 0 Å². The number of esters is 3. The van der Waals surface area contributed by atoms with Crippen LogP contribution in [0.1, 0.15) is 42.5 Å². The Balaban J connectivity index is 1.18. The van der Waals surface area contributed by atoms with Crippen LogP contribution in [0, 0.1) is 0 Å². The third-order valence-corrected chi connectivity index (χ3v) is 7.29. The van der Waals surface area contributed by atoms with Crippen molar-refractivity contribution in [2.24, 2.45) is 0 Å². The average Bonchev–Trinajstić information content (AvgIpc) is 3.13. The van der Waals surface area contributed by atoms with E-state index < -0.39 is 23.7 Å². The highest BCUT2D eigenvalue weighted by Gasteiger charge is 2.10. The van der Waals surface area contributed by atoms with Crippen LogP contribution in [0.4, 0.5) is 4.39 Å². The van der Waals surface area contributed by atoms with Gasteiger partial charge in [-0.1, -0.05) is 61.7 Å². The summed E-state index contributed by atoms with van der Waals surface area (Å²) in [5.74, 6) is -1.19. The second-order valence-electron chi connectivity index (χ2n) is 10.9. The van der Waals surface area contributed by atoms with Crippen LogP contribution in [0.5, 0.6) is 17.2 Å². The molecule has 0 radical (unpaired) electrons. The number of halogens is 1. The van der Waals surface area contributed by atoms with E-state index in [0.29, 0.717) is 43.1 Å². The first-order chi connectivity index (χ1) is 23.8. The largest absolute Gasteiger partial charge is 0.494 e. The summed E-state index contributed by atoms with van der Waals surface area (Å²) in [6, 6.07) is 30.1. The molecule has 0 unspecified atom stereocenters. The van der Waals surface area contributed by atoms with Gasteiger partial charge < -0.3 is 23.7 Å². The molecule has 4 rings (SSSR count). The van der Waals surface area contributed by atoms with E-state index in [1.807, 2.05) is 48.5 Å². The molecule has 0 amide bonds. The van der Waals surface area contributed by atoms with E-state index in [-0.39, 0.29) is 13.2 Å². The standard InChI is InChI=1S/C40H39FO8/c1-3-38(42)47-28-8-27-46-36-21-17-34(18-22-36)40(44)49-37-23-15-33(16-24-37)31-11-9-30(10-12-31)32-13-19-35(20-14-32)45-25-6-4-5-7-26-48-39(43)29(2)41/h3,9-24H,1-2,4-8,25-28H2. The molecule has 4 aromatic rings. The van der Waals surface area contributed by atoms with E-state index in [1.54, 1.807) is 36.4 Å². The minimum Gasteiger partial charge on any atom is -0.494 e. The normalized spacial score (nSPS) is 10.5. The Morgan fingerprint density at radius 2 is 0.980 bits per heavy atom. The lowest BCUT2D eigenvalue weighted by atomic mass is 10.0. The number of ether oxygens (including phenoxy) is 5. The van der Waals surface area contributed by atoms with Gasteiger partial charge in [0.05, 0.1) is 32.0 Å². The summed E-state index contributed by atoms with van der Waals surface area (Å²) in [6.45, 7) is 7.62. The van der Waals surface area contributed by atoms with Gasteiger partial charge in [0.15, 0.2) is 0 Å². The molecule has 9 heteroatoms. The smallest absolute Gasteiger partial charge is 0.366 e. The minimum atomic E-state index is -1.07. The molecule has 0 saturated heterocycles. The molecule has 0 atom stereocenters. The first kappa shape index (κ1) is 36.1. The van der Waals surface area contributed by atoms with Crippen LogP contribution in [0.25, 0.3) is 22.3 Å². The lowest BCUT2D eigenvalue weighted by Crippen LogP contribution is -2.09. The Labute approximate surface area is 285 Å².